The van der Waals surface area contributed by atoms with Gasteiger partial charge in [-0.2, -0.15) is 0 Å². The highest BCUT2D eigenvalue weighted by Crippen LogP contribution is 2.04. The predicted molar refractivity (Wildman–Crippen MR) is 59.3 cm³/mol. The highest BCUT2D eigenvalue weighted by molar-refractivity contribution is 7.79. The third kappa shape index (κ3) is 11.5. The summed E-state index contributed by atoms with van der Waals surface area (Å²) in [5.74, 6) is 0. The Hall–Kier alpha value is -0.430. The molecule has 0 amide bonds. The SMILES string of the molecule is C=CC[N+](CC)(CC)CC.O=S(=O)([O-])O. The summed E-state index contributed by atoms with van der Waals surface area (Å²) in [7, 11) is -4.92. The van der Waals surface area contributed by atoms with Crippen LogP contribution < -0.4 is 0 Å². The minimum absolute atomic E-state index is 1.11. The molecule has 1 N–H and O–H groups in total. The Morgan fingerprint density at radius 3 is 1.60 bits per heavy atom. The number of rotatable bonds is 5. The maximum atomic E-state index is 8.63. The standard InChI is InChI=1S/C9H20N.H2O4S/c1-5-9-10(6-2,7-3)8-4;1-5(2,3)4/h5H,1,6-9H2,2-4H3;(H2,1,2,3,4)/q+1;/p-1. The van der Waals surface area contributed by atoms with Gasteiger partial charge < -0.3 is 9.04 Å². The van der Waals surface area contributed by atoms with Crippen LogP contribution in [0.4, 0.5) is 0 Å². The Balaban J connectivity index is 0. The first-order valence-corrected chi connectivity index (χ1v) is 6.25. The van der Waals surface area contributed by atoms with E-state index in [1.165, 1.54) is 24.1 Å². The molecule has 0 saturated heterocycles. The molecule has 0 aromatic heterocycles. The van der Waals surface area contributed by atoms with E-state index >= 15 is 0 Å². The van der Waals surface area contributed by atoms with Crippen molar-refractivity contribution in [1.29, 1.82) is 0 Å². The highest BCUT2D eigenvalue weighted by Gasteiger charge is 2.17. The molecule has 0 spiro atoms. The van der Waals surface area contributed by atoms with Crippen molar-refractivity contribution in [3.05, 3.63) is 12.7 Å². The van der Waals surface area contributed by atoms with Crippen molar-refractivity contribution in [3.63, 3.8) is 0 Å². The molecule has 92 valence electrons. The Morgan fingerprint density at radius 2 is 1.53 bits per heavy atom. The van der Waals surface area contributed by atoms with Gasteiger partial charge in [0.25, 0.3) is 0 Å². The smallest absolute Gasteiger partial charge is 0.215 e. The molecule has 0 aliphatic carbocycles. The molecule has 0 radical (unpaired) electrons. The quantitative estimate of drug-likeness (QED) is 0.337. The predicted octanol–water partition coefficient (Wildman–Crippen LogP) is 1.05. The van der Waals surface area contributed by atoms with Crippen molar-refractivity contribution < 1.29 is 22.0 Å². The number of nitrogens with zero attached hydrogens (tertiary/aromatic N) is 1. The van der Waals surface area contributed by atoms with Crippen molar-refractivity contribution in [1.82, 2.24) is 0 Å². The fourth-order valence-corrected chi connectivity index (χ4v) is 1.33. The molecule has 0 fully saturated rings. The highest BCUT2D eigenvalue weighted by atomic mass is 32.3. The third-order valence-electron chi connectivity index (χ3n) is 2.53. The lowest BCUT2D eigenvalue weighted by molar-refractivity contribution is -0.917. The molecule has 0 saturated carbocycles. The van der Waals surface area contributed by atoms with Crippen LogP contribution in [-0.2, 0) is 10.4 Å². The molecule has 0 aromatic carbocycles. The Bertz CT molecular complexity index is 241. The van der Waals surface area contributed by atoms with Crippen molar-refractivity contribution in [2.75, 3.05) is 26.2 Å². The zero-order valence-corrected chi connectivity index (χ0v) is 10.5. The molecule has 5 nitrogen and oxygen atoms in total. The number of likely N-dealkylation sites (N-methyl/N-ethyl adjacent to an activating group) is 1. The second-order valence-corrected chi connectivity index (χ2v) is 4.04. The Labute approximate surface area is 92.6 Å². The van der Waals surface area contributed by atoms with E-state index in [1.807, 2.05) is 6.08 Å². The van der Waals surface area contributed by atoms with Crippen LogP contribution in [0, 0.1) is 0 Å². The monoisotopic (exact) mass is 239 g/mol. The summed E-state index contributed by atoms with van der Waals surface area (Å²) in [4.78, 5) is 0. The molecule has 0 unspecified atom stereocenters. The maximum Gasteiger partial charge on any atom is 0.215 e. The van der Waals surface area contributed by atoms with Crippen LogP contribution in [0.3, 0.4) is 0 Å². The number of hydrogen-bond acceptors (Lipinski definition) is 3. The molecular weight excluding hydrogens is 218 g/mol. The van der Waals surface area contributed by atoms with Crippen LogP contribution in [0.1, 0.15) is 20.8 Å². The topological polar surface area (TPSA) is 77.4 Å². The average molecular weight is 239 g/mol. The van der Waals surface area contributed by atoms with E-state index in [4.69, 9.17) is 17.5 Å². The molecule has 0 heterocycles. The molecular formula is C9H21NO4S. The summed E-state index contributed by atoms with van der Waals surface area (Å²) in [5, 5.41) is 0. The largest absolute Gasteiger partial charge is 0.726 e. The summed E-state index contributed by atoms with van der Waals surface area (Å²) in [6.45, 7) is 15.3. The van der Waals surface area contributed by atoms with Crippen LogP contribution in [-0.4, -0.2) is 48.2 Å². The van der Waals surface area contributed by atoms with E-state index in [2.05, 4.69) is 27.4 Å². The van der Waals surface area contributed by atoms with Crippen molar-refractivity contribution >= 4 is 10.4 Å². The zero-order valence-electron chi connectivity index (χ0n) is 9.64. The lowest BCUT2D eigenvalue weighted by Gasteiger charge is -2.34. The van der Waals surface area contributed by atoms with Crippen molar-refractivity contribution in [2.24, 2.45) is 0 Å². The first kappa shape index (κ1) is 17.0. The zero-order chi connectivity index (χ0) is 12.5. The summed E-state index contributed by atoms with van der Waals surface area (Å²) in [6, 6.07) is 0. The van der Waals surface area contributed by atoms with E-state index in [0.717, 1.165) is 6.54 Å². The fourth-order valence-electron chi connectivity index (χ4n) is 1.33. The van der Waals surface area contributed by atoms with Gasteiger partial charge in [-0.1, -0.05) is 6.58 Å². The lowest BCUT2D eigenvalue weighted by atomic mass is 10.3. The summed E-state index contributed by atoms with van der Waals surface area (Å²) in [5.41, 5.74) is 0. The fraction of sp³-hybridized carbons (Fsp3) is 0.778. The second-order valence-electron chi connectivity index (χ2n) is 3.19. The Morgan fingerprint density at radius 1 is 1.27 bits per heavy atom. The van der Waals surface area contributed by atoms with E-state index in [1.54, 1.807) is 0 Å². The van der Waals surface area contributed by atoms with Gasteiger partial charge in [0.2, 0.25) is 10.4 Å². The maximum absolute atomic E-state index is 8.63. The van der Waals surface area contributed by atoms with Crippen LogP contribution in [0.5, 0.6) is 0 Å². The minimum atomic E-state index is -4.92. The van der Waals surface area contributed by atoms with Gasteiger partial charge in [0.1, 0.15) is 0 Å². The van der Waals surface area contributed by atoms with Crippen LogP contribution in [0.25, 0.3) is 0 Å². The van der Waals surface area contributed by atoms with Crippen molar-refractivity contribution in [2.45, 2.75) is 20.8 Å². The van der Waals surface area contributed by atoms with Gasteiger partial charge in [0, 0.05) is 0 Å². The van der Waals surface area contributed by atoms with Gasteiger partial charge in [-0.25, -0.2) is 8.42 Å². The molecule has 0 bridgehead atoms. The van der Waals surface area contributed by atoms with Gasteiger partial charge in [-0.3, -0.25) is 4.55 Å². The van der Waals surface area contributed by atoms with E-state index in [-0.39, 0.29) is 0 Å². The summed E-state index contributed by atoms with van der Waals surface area (Å²) >= 11 is 0. The first-order chi connectivity index (χ1) is 6.74. The second kappa shape index (κ2) is 7.81. The van der Waals surface area contributed by atoms with Gasteiger partial charge in [-0.15, -0.1) is 0 Å². The lowest BCUT2D eigenvalue weighted by Crippen LogP contribution is -2.47. The molecule has 0 aliphatic rings. The van der Waals surface area contributed by atoms with Crippen LogP contribution in [0.15, 0.2) is 12.7 Å². The average Bonchev–Trinajstić information content (AvgIpc) is 2.12. The molecule has 15 heavy (non-hydrogen) atoms. The van der Waals surface area contributed by atoms with Gasteiger partial charge in [0.15, 0.2) is 0 Å². The minimum Gasteiger partial charge on any atom is -0.726 e. The number of hydrogen-bond donors (Lipinski definition) is 1. The van der Waals surface area contributed by atoms with Gasteiger partial charge in [-0.05, 0) is 26.8 Å². The van der Waals surface area contributed by atoms with Gasteiger partial charge >= 0.3 is 0 Å². The normalized spacial score (nSPS) is 11.5. The van der Waals surface area contributed by atoms with Crippen LogP contribution >= 0.6 is 0 Å². The Kier molecular flexibility index (Phi) is 8.84. The molecule has 6 heteroatoms. The van der Waals surface area contributed by atoms with E-state index < -0.39 is 10.4 Å². The molecule has 0 aromatic rings. The van der Waals surface area contributed by atoms with Gasteiger partial charge in [0.05, 0.1) is 26.2 Å². The summed E-state index contributed by atoms with van der Waals surface area (Å²) in [6.07, 6.45) is 2.02. The van der Waals surface area contributed by atoms with Crippen molar-refractivity contribution in [3.8, 4) is 0 Å². The molecule has 0 atom stereocenters. The number of quaternary nitrogens is 1. The summed E-state index contributed by atoms with van der Waals surface area (Å²) < 4.78 is 34.0. The molecule has 0 aliphatic heterocycles. The third-order valence-corrected chi connectivity index (χ3v) is 2.53. The first-order valence-electron chi connectivity index (χ1n) is 4.89. The van der Waals surface area contributed by atoms with E-state index in [9.17, 15) is 0 Å². The van der Waals surface area contributed by atoms with E-state index in [0.29, 0.717) is 0 Å². The molecule has 0 rings (SSSR count). The van der Waals surface area contributed by atoms with Crippen LogP contribution in [0.2, 0.25) is 0 Å².